The molecule has 0 saturated carbocycles. The molecular weight excluding hydrogens is 234 g/mol. The molecular formula is C14H22ClNO. The van der Waals surface area contributed by atoms with Gasteiger partial charge < -0.3 is 10.1 Å². The Bertz CT molecular complexity index is 352. The second kappa shape index (κ2) is 6.75. The lowest BCUT2D eigenvalue weighted by Gasteiger charge is -2.17. The zero-order valence-electron chi connectivity index (χ0n) is 11.1. The van der Waals surface area contributed by atoms with E-state index < -0.39 is 0 Å². The fourth-order valence-electron chi connectivity index (χ4n) is 1.66. The summed E-state index contributed by atoms with van der Waals surface area (Å²) in [5.41, 5.74) is 0.947. The van der Waals surface area contributed by atoms with Crippen molar-refractivity contribution in [2.24, 2.45) is 5.92 Å². The lowest BCUT2D eigenvalue weighted by Crippen LogP contribution is -2.16. The molecule has 0 saturated heterocycles. The van der Waals surface area contributed by atoms with Gasteiger partial charge in [0.05, 0.1) is 17.8 Å². The molecule has 1 unspecified atom stereocenters. The molecule has 0 spiro atoms. The summed E-state index contributed by atoms with van der Waals surface area (Å²) in [6, 6.07) is 6.08. The van der Waals surface area contributed by atoms with Crippen molar-refractivity contribution < 1.29 is 4.74 Å². The van der Waals surface area contributed by atoms with Crippen LogP contribution in [0.25, 0.3) is 0 Å². The van der Waals surface area contributed by atoms with Gasteiger partial charge >= 0.3 is 0 Å². The van der Waals surface area contributed by atoms with Gasteiger partial charge in [0.1, 0.15) is 5.75 Å². The Balaban J connectivity index is 2.60. The maximum Gasteiger partial charge on any atom is 0.121 e. The van der Waals surface area contributed by atoms with Gasteiger partial charge in [-0.1, -0.05) is 25.4 Å². The molecule has 17 heavy (non-hydrogen) atoms. The first-order valence-corrected chi connectivity index (χ1v) is 6.50. The molecule has 3 heteroatoms. The number of halogens is 1. The van der Waals surface area contributed by atoms with Crippen molar-refractivity contribution in [1.29, 1.82) is 0 Å². The van der Waals surface area contributed by atoms with E-state index in [0.717, 1.165) is 28.8 Å². The van der Waals surface area contributed by atoms with Gasteiger partial charge in [-0.15, -0.1) is 0 Å². The molecule has 0 fully saturated rings. The smallest absolute Gasteiger partial charge is 0.121 e. The van der Waals surface area contributed by atoms with Crippen molar-refractivity contribution in [2.75, 3.05) is 12.4 Å². The highest BCUT2D eigenvalue weighted by Gasteiger charge is 2.07. The van der Waals surface area contributed by atoms with E-state index >= 15 is 0 Å². The minimum atomic E-state index is 0.419. The minimum absolute atomic E-state index is 0.419. The summed E-state index contributed by atoms with van der Waals surface area (Å²) < 4.78 is 5.19. The number of methoxy groups -OCH3 is 1. The molecule has 0 aromatic heterocycles. The van der Waals surface area contributed by atoms with E-state index in [1.165, 1.54) is 6.42 Å². The number of nitrogens with one attached hydrogen (secondary N) is 1. The first-order valence-electron chi connectivity index (χ1n) is 6.13. The third kappa shape index (κ3) is 4.86. The van der Waals surface area contributed by atoms with E-state index in [1.807, 2.05) is 18.2 Å². The number of hydrogen-bond acceptors (Lipinski definition) is 2. The Labute approximate surface area is 109 Å². The quantitative estimate of drug-likeness (QED) is 0.803. The first-order chi connectivity index (χ1) is 8.02. The zero-order chi connectivity index (χ0) is 12.8. The van der Waals surface area contributed by atoms with E-state index in [0.29, 0.717) is 6.04 Å². The average molecular weight is 256 g/mol. The van der Waals surface area contributed by atoms with Gasteiger partial charge in [0, 0.05) is 12.1 Å². The van der Waals surface area contributed by atoms with E-state index in [2.05, 4.69) is 26.1 Å². The fourth-order valence-corrected chi connectivity index (χ4v) is 1.84. The van der Waals surface area contributed by atoms with E-state index in [1.54, 1.807) is 7.11 Å². The molecule has 96 valence electrons. The third-order valence-corrected chi connectivity index (χ3v) is 3.08. The van der Waals surface area contributed by atoms with Gasteiger partial charge in [-0.05, 0) is 37.8 Å². The lowest BCUT2D eigenvalue weighted by molar-refractivity contribution is 0.415. The maximum atomic E-state index is 6.14. The first kappa shape index (κ1) is 14.2. The molecule has 0 aliphatic carbocycles. The molecule has 0 heterocycles. The van der Waals surface area contributed by atoms with Gasteiger partial charge in [-0.3, -0.25) is 0 Å². The second-order valence-corrected chi connectivity index (χ2v) is 5.27. The van der Waals surface area contributed by atoms with Gasteiger partial charge in [-0.2, -0.15) is 0 Å². The summed E-state index contributed by atoms with van der Waals surface area (Å²) in [4.78, 5) is 0. The van der Waals surface area contributed by atoms with Crippen LogP contribution in [-0.2, 0) is 0 Å². The summed E-state index contributed by atoms with van der Waals surface area (Å²) in [6.45, 7) is 6.66. The standard InChI is InChI=1S/C14H22ClNO/c1-10(2)5-6-11(3)16-14-9-12(17-4)7-8-13(14)15/h7-11,16H,5-6H2,1-4H3. The van der Waals surface area contributed by atoms with Crippen LogP contribution in [0.5, 0.6) is 5.75 Å². The van der Waals surface area contributed by atoms with Gasteiger partial charge in [-0.25, -0.2) is 0 Å². The molecule has 1 aromatic carbocycles. The van der Waals surface area contributed by atoms with Crippen LogP contribution < -0.4 is 10.1 Å². The molecule has 0 aliphatic rings. The summed E-state index contributed by atoms with van der Waals surface area (Å²) in [7, 11) is 1.66. The van der Waals surface area contributed by atoms with Gasteiger partial charge in [0.2, 0.25) is 0 Å². The zero-order valence-corrected chi connectivity index (χ0v) is 11.8. The fraction of sp³-hybridized carbons (Fsp3) is 0.571. The summed E-state index contributed by atoms with van der Waals surface area (Å²) in [5, 5.41) is 4.17. The Morgan fingerprint density at radius 3 is 2.53 bits per heavy atom. The predicted molar refractivity (Wildman–Crippen MR) is 75.2 cm³/mol. The van der Waals surface area contributed by atoms with Crippen LogP contribution in [0.4, 0.5) is 5.69 Å². The maximum absolute atomic E-state index is 6.14. The summed E-state index contributed by atoms with van der Waals surface area (Å²) in [5.74, 6) is 1.56. The molecule has 0 radical (unpaired) electrons. The summed E-state index contributed by atoms with van der Waals surface area (Å²) >= 11 is 6.14. The Kier molecular flexibility index (Phi) is 5.63. The molecule has 2 nitrogen and oxygen atoms in total. The van der Waals surface area contributed by atoms with Crippen molar-refractivity contribution in [3.8, 4) is 5.75 Å². The van der Waals surface area contributed by atoms with Gasteiger partial charge in [0.25, 0.3) is 0 Å². The van der Waals surface area contributed by atoms with E-state index in [-0.39, 0.29) is 0 Å². The van der Waals surface area contributed by atoms with Crippen LogP contribution in [0.2, 0.25) is 5.02 Å². The normalized spacial score (nSPS) is 12.6. The predicted octanol–water partition coefficient (Wildman–Crippen LogP) is 4.59. The minimum Gasteiger partial charge on any atom is -0.497 e. The van der Waals surface area contributed by atoms with Crippen LogP contribution in [0.15, 0.2) is 18.2 Å². The number of hydrogen-bond donors (Lipinski definition) is 1. The van der Waals surface area contributed by atoms with Crippen LogP contribution >= 0.6 is 11.6 Å². The Morgan fingerprint density at radius 1 is 1.24 bits per heavy atom. The van der Waals surface area contributed by atoms with Crippen LogP contribution in [-0.4, -0.2) is 13.2 Å². The van der Waals surface area contributed by atoms with Crippen LogP contribution in [0.3, 0.4) is 0 Å². The SMILES string of the molecule is COc1ccc(Cl)c(NC(C)CCC(C)C)c1. The number of ether oxygens (including phenoxy) is 1. The molecule has 1 aromatic rings. The molecule has 1 N–H and O–H groups in total. The largest absolute Gasteiger partial charge is 0.497 e. The highest BCUT2D eigenvalue weighted by atomic mass is 35.5. The highest BCUT2D eigenvalue weighted by molar-refractivity contribution is 6.33. The van der Waals surface area contributed by atoms with Crippen LogP contribution in [0.1, 0.15) is 33.6 Å². The average Bonchev–Trinajstić information content (AvgIpc) is 2.29. The number of rotatable bonds is 6. The van der Waals surface area contributed by atoms with Crippen molar-refractivity contribution in [1.82, 2.24) is 0 Å². The lowest BCUT2D eigenvalue weighted by atomic mass is 10.0. The number of anilines is 1. The third-order valence-electron chi connectivity index (χ3n) is 2.75. The van der Waals surface area contributed by atoms with E-state index in [9.17, 15) is 0 Å². The number of benzene rings is 1. The molecule has 0 bridgehead atoms. The van der Waals surface area contributed by atoms with Crippen molar-refractivity contribution >= 4 is 17.3 Å². The molecule has 0 aliphatic heterocycles. The summed E-state index contributed by atoms with van der Waals surface area (Å²) in [6.07, 6.45) is 2.36. The topological polar surface area (TPSA) is 21.3 Å². The monoisotopic (exact) mass is 255 g/mol. The Morgan fingerprint density at radius 2 is 1.94 bits per heavy atom. The Hall–Kier alpha value is -0.890. The molecule has 0 amide bonds. The van der Waals surface area contributed by atoms with Crippen molar-refractivity contribution in [3.05, 3.63) is 23.2 Å². The second-order valence-electron chi connectivity index (χ2n) is 4.86. The van der Waals surface area contributed by atoms with Crippen molar-refractivity contribution in [2.45, 2.75) is 39.7 Å². The highest BCUT2D eigenvalue weighted by Crippen LogP contribution is 2.27. The van der Waals surface area contributed by atoms with Gasteiger partial charge in [0.15, 0.2) is 0 Å². The van der Waals surface area contributed by atoms with Crippen LogP contribution in [0, 0.1) is 5.92 Å². The van der Waals surface area contributed by atoms with Crippen molar-refractivity contribution in [3.63, 3.8) is 0 Å². The van der Waals surface area contributed by atoms with E-state index in [4.69, 9.17) is 16.3 Å². The molecule has 1 rings (SSSR count). The molecule has 1 atom stereocenters.